The molecule has 1 heterocycles. The predicted octanol–water partition coefficient (Wildman–Crippen LogP) is -0.403. The van der Waals surface area contributed by atoms with Gasteiger partial charge in [0.2, 0.25) is 5.91 Å². The van der Waals surface area contributed by atoms with Gasteiger partial charge in [-0.1, -0.05) is 6.08 Å². The lowest BCUT2D eigenvalue weighted by Gasteiger charge is -2.30. The highest BCUT2D eigenvalue weighted by atomic mass is 16.5. The van der Waals surface area contributed by atoms with Gasteiger partial charge in [-0.15, -0.1) is 6.58 Å². The van der Waals surface area contributed by atoms with Gasteiger partial charge in [-0.3, -0.25) is 4.79 Å². The minimum atomic E-state index is -0.203. The van der Waals surface area contributed by atoms with Gasteiger partial charge in [-0.25, -0.2) is 0 Å². The third-order valence-corrected chi connectivity index (χ3v) is 2.81. The van der Waals surface area contributed by atoms with Gasteiger partial charge < -0.3 is 20.3 Å². The second-order valence-corrected chi connectivity index (χ2v) is 4.42. The highest BCUT2D eigenvalue weighted by Gasteiger charge is 2.19. The van der Waals surface area contributed by atoms with Crippen LogP contribution in [0.4, 0.5) is 0 Å². The van der Waals surface area contributed by atoms with Gasteiger partial charge in [0.25, 0.3) is 0 Å². The number of carbonyl (C=O) groups is 1. The molecule has 0 unspecified atom stereocenters. The van der Waals surface area contributed by atoms with Crippen molar-refractivity contribution < 1.29 is 9.53 Å². The normalized spacial score (nSPS) is 23.1. The second kappa shape index (κ2) is 7.42. The molecule has 17 heavy (non-hydrogen) atoms. The summed E-state index contributed by atoms with van der Waals surface area (Å²) in [5.41, 5.74) is 0. The number of amides is 1. The Morgan fingerprint density at radius 2 is 2.47 bits per heavy atom. The fourth-order valence-electron chi connectivity index (χ4n) is 1.72. The van der Waals surface area contributed by atoms with Crippen LogP contribution in [0.1, 0.15) is 6.92 Å². The maximum absolute atomic E-state index is 11.6. The van der Waals surface area contributed by atoms with Crippen molar-refractivity contribution in [2.24, 2.45) is 0 Å². The molecule has 5 nitrogen and oxygen atoms in total. The average Bonchev–Trinajstić information content (AvgIpc) is 2.33. The zero-order chi connectivity index (χ0) is 12.7. The number of likely N-dealkylation sites (N-methyl/N-ethyl adjacent to an activating group) is 1. The van der Waals surface area contributed by atoms with Crippen LogP contribution in [0.2, 0.25) is 0 Å². The number of nitrogens with one attached hydrogen (secondary N) is 2. The molecule has 1 amide bonds. The molecule has 0 aromatic rings. The van der Waals surface area contributed by atoms with E-state index < -0.39 is 0 Å². The molecule has 0 aliphatic carbocycles. The van der Waals surface area contributed by atoms with E-state index in [1.54, 1.807) is 6.08 Å². The Labute approximate surface area is 103 Å². The van der Waals surface area contributed by atoms with Gasteiger partial charge in [0.15, 0.2) is 0 Å². The third kappa shape index (κ3) is 5.30. The number of morpholine rings is 1. The first-order valence-corrected chi connectivity index (χ1v) is 6.05. The zero-order valence-electron chi connectivity index (χ0n) is 10.7. The van der Waals surface area contributed by atoms with Crippen LogP contribution in [0.3, 0.4) is 0 Å². The maximum Gasteiger partial charge on any atom is 0.237 e. The summed E-state index contributed by atoms with van der Waals surface area (Å²) in [6, 6.07) is -0.203. The summed E-state index contributed by atoms with van der Waals surface area (Å²) < 4.78 is 5.61. The van der Waals surface area contributed by atoms with Crippen molar-refractivity contribution in [3.05, 3.63) is 12.7 Å². The fourth-order valence-corrected chi connectivity index (χ4v) is 1.72. The molecule has 1 fully saturated rings. The summed E-state index contributed by atoms with van der Waals surface area (Å²) in [7, 11) is 2.08. The molecule has 1 rings (SSSR count). The first-order valence-electron chi connectivity index (χ1n) is 6.05. The Morgan fingerprint density at radius 1 is 1.71 bits per heavy atom. The van der Waals surface area contributed by atoms with Crippen molar-refractivity contribution >= 4 is 5.91 Å². The van der Waals surface area contributed by atoms with Crippen LogP contribution in [-0.4, -0.2) is 62.8 Å². The van der Waals surface area contributed by atoms with E-state index in [1.165, 1.54) is 0 Å². The Balaban J connectivity index is 2.20. The van der Waals surface area contributed by atoms with E-state index in [9.17, 15) is 4.79 Å². The number of ether oxygens (including phenoxy) is 1. The molecule has 0 saturated carbocycles. The third-order valence-electron chi connectivity index (χ3n) is 2.81. The lowest BCUT2D eigenvalue weighted by atomic mass is 10.2. The summed E-state index contributed by atoms with van der Waals surface area (Å²) in [5.74, 6) is -0.00550. The quantitative estimate of drug-likeness (QED) is 0.621. The van der Waals surface area contributed by atoms with Gasteiger partial charge in [0, 0.05) is 26.2 Å². The molecule has 2 atom stereocenters. The molecule has 98 valence electrons. The Bertz CT molecular complexity index is 258. The first-order chi connectivity index (χ1) is 8.13. The highest BCUT2D eigenvalue weighted by molar-refractivity contribution is 5.81. The zero-order valence-corrected chi connectivity index (χ0v) is 10.7. The second-order valence-electron chi connectivity index (χ2n) is 4.42. The topological polar surface area (TPSA) is 53.6 Å². The van der Waals surface area contributed by atoms with Gasteiger partial charge >= 0.3 is 0 Å². The van der Waals surface area contributed by atoms with Crippen LogP contribution >= 0.6 is 0 Å². The van der Waals surface area contributed by atoms with E-state index >= 15 is 0 Å². The molecule has 0 aromatic carbocycles. The lowest BCUT2D eigenvalue weighted by molar-refractivity contribution is -0.122. The van der Waals surface area contributed by atoms with Crippen LogP contribution in [-0.2, 0) is 9.53 Å². The van der Waals surface area contributed by atoms with Crippen molar-refractivity contribution in [2.45, 2.75) is 19.1 Å². The van der Waals surface area contributed by atoms with Gasteiger partial charge in [-0.05, 0) is 14.0 Å². The summed E-state index contributed by atoms with van der Waals surface area (Å²) in [6.07, 6.45) is 1.84. The summed E-state index contributed by atoms with van der Waals surface area (Å²) in [5, 5.41) is 5.94. The van der Waals surface area contributed by atoms with Gasteiger partial charge in [0.05, 0.1) is 18.8 Å². The summed E-state index contributed by atoms with van der Waals surface area (Å²) >= 11 is 0. The molecule has 0 aromatic heterocycles. The molecule has 5 heteroatoms. The van der Waals surface area contributed by atoms with Crippen LogP contribution in [0.15, 0.2) is 12.7 Å². The highest BCUT2D eigenvalue weighted by Crippen LogP contribution is 2.01. The lowest BCUT2D eigenvalue weighted by Crippen LogP contribution is -2.49. The number of hydrogen-bond acceptors (Lipinski definition) is 4. The van der Waals surface area contributed by atoms with Crippen molar-refractivity contribution in [3.63, 3.8) is 0 Å². The van der Waals surface area contributed by atoms with E-state index in [0.717, 1.165) is 19.7 Å². The SMILES string of the molecule is C=CCNC(=O)[C@@H](C)NC[C@@H]1CN(C)CCO1. The molecule has 2 N–H and O–H groups in total. The Hall–Kier alpha value is -0.910. The van der Waals surface area contributed by atoms with Crippen molar-refractivity contribution in [1.29, 1.82) is 0 Å². The fraction of sp³-hybridized carbons (Fsp3) is 0.750. The Morgan fingerprint density at radius 3 is 3.12 bits per heavy atom. The molecule has 1 saturated heterocycles. The van der Waals surface area contributed by atoms with Gasteiger partial charge in [0.1, 0.15) is 0 Å². The van der Waals surface area contributed by atoms with E-state index in [1.807, 2.05) is 6.92 Å². The molecular weight excluding hydrogens is 218 g/mol. The van der Waals surface area contributed by atoms with Crippen LogP contribution in [0.5, 0.6) is 0 Å². The van der Waals surface area contributed by atoms with Gasteiger partial charge in [-0.2, -0.15) is 0 Å². The number of nitrogens with zero attached hydrogens (tertiary/aromatic N) is 1. The van der Waals surface area contributed by atoms with Crippen LogP contribution < -0.4 is 10.6 Å². The summed E-state index contributed by atoms with van der Waals surface area (Å²) in [6.45, 7) is 9.27. The van der Waals surface area contributed by atoms with Crippen molar-refractivity contribution in [2.75, 3.05) is 39.8 Å². The summed E-state index contributed by atoms with van der Waals surface area (Å²) in [4.78, 5) is 13.8. The van der Waals surface area contributed by atoms with E-state index in [-0.39, 0.29) is 18.1 Å². The number of hydrogen-bond donors (Lipinski definition) is 2. The minimum Gasteiger partial charge on any atom is -0.374 e. The Kier molecular flexibility index (Phi) is 6.18. The van der Waals surface area contributed by atoms with E-state index in [2.05, 4.69) is 29.2 Å². The smallest absolute Gasteiger partial charge is 0.237 e. The monoisotopic (exact) mass is 241 g/mol. The van der Waals surface area contributed by atoms with E-state index in [4.69, 9.17) is 4.74 Å². The molecule has 0 bridgehead atoms. The van der Waals surface area contributed by atoms with Crippen molar-refractivity contribution in [3.8, 4) is 0 Å². The largest absolute Gasteiger partial charge is 0.374 e. The first kappa shape index (κ1) is 14.2. The van der Waals surface area contributed by atoms with Crippen LogP contribution in [0.25, 0.3) is 0 Å². The minimum absolute atomic E-state index is 0.00550. The number of rotatable bonds is 6. The maximum atomic E-state index is 11.6. The average molecular weight is 241 g/mol. The standard InChI is InChI=1S/C12H23N3O2/c1-4-5-13-12(16)10(2)14-8-11-9-15(3)6-7-17-11/h4,10-11,14H,1,5-9H2,2-3H3,(H,13,16)/t10-,11-/m1/s1. The molecular formula is C12H23N3O2. The van der Waals surface area contributed by atoms with E-state index in [0.29, 0.717) is 13.1 Å². The molecule has 1 aliphatic heterocycles. The molecule has 0 radical (unpaired) electrons. The number of carbonyl (C=O) groups excluding carboxylic acids is 1. The van der Waals surface area contributed by atoms with Crippen molar-refractivity contribution in [1.82, 2.24) is 15.5 Å². The molecule has 0 spiro atoms. The van der Waals surface area contributed by atoms with Crippen LogP contribution in [0, 0.1) is 0 Å². The molecule has 1 aliphatic rings. The predicted molar refractivity (Wildman–Crippen MR) is 67.9 cm³/mol.